The van der Waals surface area contributed by atoms with E-state index in [0.717, 1.165) is 6.42 Å². The highest BCUT2D eigenvalue weighted by Gasteiger charge is 2.71. The Morgan fingerprint density at radius 1 is 0.566 bits per heavy atom. The molecule has 10 aliphatic rings. The zero-order valence-corrected chi connectivity index (χ0v) is 48.8. The number of aliphatic hydroxyl groups excluding tert-OH is 14. The summed E-state index contributed by atoms with van der Waals surface area (Å²) in [4.78, 5) is 15.6. The summed E-state index contributed by atoms with van der Waals surface area (Å²) in [6.07, 6.45) is -27.7. The number of aliphatic hydroxyl groups is 14. The Morgan fingerprint density at radius 2 is 1.13 bits per heavy atom. The van der Waals surface area contributed by atoms with Crippen molar-refractivity contribution in [2.24, 2.45) is 50.2 Å². The van der Waals surface area contributed by atoms with Crippen LogP contribution < -0.4 is 0 Å². The average molecular weight is 1190 g/mol. The molecular weight excluding hydrogens is 1100 g/mol. The van der Waals surface area contributed by atoms with Crippen molar-refractivity contribution in [3.8, 4) is 0 Å². The minimum absolute atomic E-state index is 0.0775. The molecule has 476 valence electrons. The first-order valence-electron chi connectivity index (χ1n) is 30.0. The molecule has 25 heteroatoms. The molecule has 0 spiro atoms. The van der Waals surface area contributed by atoms with Gasteiger partial charge in [-0.15, -0.1) is 0 Å². The number of carbonyl (C=O) groups excluding carboxylic acids is 1. The lowest BCUT2D eigenvalue weighted by molar-refractivity contribution is -0.366. The summed E-state index contributed by atoms with van der Waals surface area (Å²) in [5.74, 6) is -0.933. The summed E-state index contributed by atoms with van der Waals surface area (Å²) >= 11 is 0. The third-order valence-electron chi connectivity index (χ3n) is 22.8. The molecule has 10 rings (SSSR count). The Morgan fingerprint density at radius 3 is 1.75 bits per heavy atom. The van der Waals surface area contributed by atoms with Crippen LogP contribution in [0.3, 0.4) is 0 Å². The summed E-state index contributed by atoms with van der Waals surface area (Å²) in [6.45, 7) is 14.9. The van der Waals surface area contributed by atoms with E-state index in [2.05, 4.69) is 40.7 Å². The fourth-order valence-corrected chi connectivity index (χ4v) is 17.2. The number of esters is 1. The summed E-state index contributed by atoms with van der Waals surface area (Å²) in [6, 6.07) is 0. The van der Waals surface area contributed by atoms with E-state index in [1.807, 2.05) is 6.92 Å². The second kappa shape index (κ2) is 23.6. The molecular formula is C58H94O25. The van der Waals surface area contributed by atoms with E-state index in [9.17, 15) is 71.5 Å². The van der Waals surface area contributed by atoms with Crippen LogP contribution in [0.2, 0.25) is 0 Å². The third kappa shape index (κ3) is 10.8. The van der Waals surface area contributed by atoms with Crippen molar-refractivity contribution in [3.05, 3.63) is 11.6 Å². The largest absolute Gasteiger partial charge is 0.432 e. The van der Waals surface area contributed by atoms with Crippen LogP contribution in [0.4, 0.5) is 0 Å². The Kier molecular flexibility index (Phi) is 18.3. The van der Waals surface area contributed by atoms with Gasteiger partial charge in [-0.25, -0.2) is 0 Å². The predicted molar refractivity (Wildman–Crippen MR) is 282 cm³/mol. The molecule has 5 aliphatic heterocycles. The zero-order valence-electron chi connectivity index (χ0n) is 48.8. The second-order valence-corrected chi connectivity index (χ2v) is 28.0. The van der Waals surface area contributed by atoms with Gasteiger partial charge in [0.05, 0.1) is 50.2 Å². The molecule has 4 saturated carbocycles. The van der Waals surface area contributed by atoms with Crippen molar-refractivity contribution >= 4 is 5.97 Å². The number of rotatable bonds is 12. The first kappa shape index (κ1) is 64.3. The van der Waals surface area contributed by atoms with Gasteiger partial charge in [0.2, 0.25) is 6.29 Å². The Balaban J connectivity index is 0.906. The molecule has 0 bridgehead atoms. The average Bonchev–Trinajstić information content (AvgIpc) is 1.87. The molecule has 5 saturated heterocycles. The van der Waals surface area contributed by atoms with Crippen LogP contribution in [0.1, 0.15) is 120 Å². The number of hydrogen-bond acceptors (Lipinski definition) is 25. The van der Waals surface area contributed by atoms with Gasteiger partial charge >= 0.3 is 5.97 Å². The first-order valence-corrected chi connectivity index (χ1v) is 30.0. The van der Waals surface area contributed by atoms with Gasteiger partial charge in [-0.2, -0.15) is 0 Å². The molecule has 5 aliphatic carbocycles. The van der Waals surface area contributed by atoms with Crippen molar-refractivity contribution in [1.29, 1.82) is 0 Å². The number of hydrogen-bond donors (Lipinski definition) is 14. The molecule has 0 unspecified atom stereocenters. The van der Waals surface area contributed by atoms with Crippen LogP contribution in [0, 0.1) is 50.2 Å². The number of ether oxygens (including phenoxy) is 10. The maximum absolute atomic E-state index is 15.6. The SMILES string of the molecule is C[C@@H]1O[C@@H](O[C@H]2[C@H](O[C@H]3CC[C@@]4(C)[C@@H](CC[C@]5(C)[C@@H]4CC=C4[C@H]6CC(C)(C)CC[C@]6(C(=O)O[C@@H]6O[C@H](CO[C@@H]7OC[C@@H](O)[C@H](O)[C@H]7O)[C@@H](O)[C@H](O)[C@H]6O[C@@H]6O[C@@H](C)[C@H](O)[C@@H](O)[C@H]6O)CC[C@]45C)[C@]3(C)CO)OC[C@H](O)[C@@H]2O)[C@H](O)[C@H](O)[C@H]1O. The highest BCUT2D eigenvalue weighted by atomic mass is 16.8. The molecule has 0 amide bonds. The van der Waals surface area contributed by atoms with Crippen LogP contribution in [0.5, 0.6) is 0 Å². The van der Waals surface area contributed by atoms with Crippen molar-refractivity contribution < 1.29 is 124 Å². The molecule has 32 atom stereocenters. The van der Waals surface area contributed by atoms with Crippen molar-refractivity contribution in [1.82, 2.24) is 0 Å². The van der Waals surface area contributed by atoms with Gasteiger partial charge in [-0.05, 0) is 117 Å². The number of carbonyl (C=O) groups is 1. The Labute approximate surface area is 483 Å². The van der Waals surface area contributed by atoms with Crippen molar-refractivity contribution in [3.63, 3.8) is 0 Å². The van der Waals surface area contributed by atoms with E-state index < -0.39 is 176 Å². The molecule has 0 aromatic heterocycles. The maximum Gasteiger partial charge on any atom is 0.315 e. The molecule has 9 fully saturated rings. The van der Waals surface area contributed by atoms with E-state index in [1.54, 1.807) is 0 Å². The minimum Gasteiger partial charge on any atom is -0.432 e. The van der Waals surface area contributed by atoms with E-state index in [0.29, 0.717) is 57.8 Å². The third-order valence-corrected chi connectivity index (χ3v) is 22.8. The summed E-state index contributed by atoms with van der Waals surface area (Å²) < 4.78 is 60.3. The topological polar surface area (TPSA) is 393 Å². The zero-order chi connectivity index (χ0) is 60.4. The summed E-state index contributed by atoms with van der Waals surface area (Å²) in [5, 5.41) is 152. The normalized spacial score (nSPS) is 55.4. The van der Waals surface area contributed by atoms with Gasteiger partial charge in [-0.1, -0.05) is 53.2 Å². The highest BCUT2D eigenvalue weighted by Crippen LogP contribution is 2.76. The quantitative estimate of drug-likeness (QED) is 0.0576. The first-order chi connectivity index (χ1) is 38.9. The van der Waals surface area contributed by atoms with Gasteiger partial charge in [0.1, 0.15) is 91.6 Å². The van der Waals surface area contributed by atoms with Crippen LogP contribution >= 0.6 is 0 Å². The maximum atomic E-state index is 15.6. The lowest BCUT2D eigenvalue weighted by atomic mass is 9.33. The second-order valence-electron chi connectivity index (χ2n) is 28.0. The van der Waals surface area contributed by atoms with Crippen LogP contribution in [0.15, 0.2) is 11.6 Å². The van der Waals surface area contributed by atoms with Crippen LogP contribution in [-0.4, -0.2) is 251 Å². The smallest absolute Gasteiger partial charge is 0.315 e. The summed E-state index contributed by atoms with van der Waals surface area (Å²) in [7, 11) is 0. The lowest BCUT2D eigenvalue weighted by Gasteiger charge is -2.71. The monoisotopic (exact) mass is 1190 g/mol. The molecule has 14 N–H and O–H groups in total. The predicted octanol–water partition coefficient (Wildman–Crippen LogP) is -1.91. The van der Waals surface area contributed by atoms with E-state index >= 15 is 4.79 Å². The van der Waals surface area contributed by atoms with E-state index in [-0.39, 0.29) is 53.8 Å². The van der Waals surface area contributed by atoms with E-state index in [1.165, 1.54) is 19.4 Å². The molecule has 0 aromatic rings. The van der Waals surface area contributed by atoms with Gasteiger partial charge < -0.3 is 119 Å². The molecule has 0 aromatic carbocycles. The van der Waals surface area contributed by atoms with Crippen molar-refractivity contribution in [2.45, 2.75) is 267 Å². The molecule has 0 radical (unpaired) electrons. The van der Waals surface area contributed by atoms with Crippen molar-refractivity contribution in [2.75, 3.05) is 26.4 Å². The van der Waals surface area contributed by atoms with Gasteiger partial charge in [0, 0.05) is 5.41 Å². The van der Waals surface area contributed by atoms with Crippen LogP contribution in [0.25, 0.3) is 0 Å². The number of fused-ring (bicyclic) bond motifs is 7. The van der Waals surface area contributed by atoms with Gasteiger partial charge in [0.25, 0.3) is 0 Å². The molecule has 83 heavy (non-hydrogen) atoms. The van der Waals surface area contributed by atoms with Gasteiger partial charge in [0.15, 0.2) is 31.3 Å². The van der Waals surface area contributed by atoms with E-state index in [4.69, 9.17) is 47.4 Å². The van der Waals surface area contributed by atoms with Crippen LogP contribution in [-0.2, 0) is 52.2 Å². The number of allylic oxidation sites excluding steroid dienone is 2. The molecule has 25 nitrogen and oxygen atoms in total. The lowest BCUT2D eigenvalue weighted by Crippen LogP contribution is -2.67. The Bertz CT molecular complexity index is 2310. The summed E-state index contributed by atoms with van der Waals surface area (Å²) in [5.41, 5.74) is -2.09. The molecule has 5 heterocycles. The Hall–Kier alpha value is -1.71. The fraction of sp³-hybridized carbons (Fsp3) is 0.948. The fourth-order valence-electron chi connectivity index (χ4n) is 17.2. The highest BCUT2D eigenvalue weighted by molar-refractivity contribution is 5.79. The van der Waals surface area contributed by atoms with Gasteiger partial charge in [-0.3, -0.25) is 4.79 Å². The minimum atomic E-state index is -1.91. The standard InChI is InChI=1S/C58H94O25/c1-24-34(62)39(67)43(71)48(77-24)81-45-37(65)29(61)21-75-50(45)80-33-12-13-54(5)31(55(33,6)23-59)11-14-57(8)32(54)10-9-26-27-19-53(3,4)15-17-58(27,18-16-56(26,57)7)52(73)83-51-46(82-49-44(72)40(68)35(63)25(2)78-49)41(69)38(66)30(79-51)22-76-47-42(70)36(64)28(60)20-74-47/h9,24-25,27-51,59-72H,10-23H2,1-8H3/t24-,25-,27+,28+,29-,30+,31+,32+,33-,34-,35-,36-,37-,38+,39+,40+,41-,42+,43+,44+,45+,46+,47-,48-,49-,50-,51-,54-,55-,56+,57+,58-/m0/s1.